The smallest absolute Gasteiger partial charge is 0.0767 e. The van der Waals surface area contributed by atoms with E-state index in [4.69, 9.17) is 0 Å². The lowest BCUT2D eigenvalue weighted by Crippen LogP contribution is -2.19. The Labute approximate surface area is 94.2 Å². The van der Waals surface area contributed by atoms with Gasteiger partial charge in [-0.25, -0.2) is 0 Å². The van der Waals surface area contributed by atoms with Crippen LogP contribution in [-0.2, 0) is 20.0 Å². The van der Waals surface area contributed by atoms with Crippen molar-refractivity contribution in [1.82, 2.24) is 14.7 Å². The summed E-state index contributed by atoms with van der Waals surface area (Å²) >= 11 is 3.61. The molecule has 0 saturated heterocycles. The molecule has 1 aromatic heterocycles. The summed E-state index contributed by atoms with van der Waals surface area (Å²) in [4.78, 5) is 2.27. The van der Waals surface area contributed by atoms with E-state index in [9.17, 15) is 0 Å². The van der Waals surface area contributed by atoms with E-state index in [1.165, 1.54) is 10.2 Å². The minimum absolute atomic E-state index is 0.945. The van der Waals surface area contributed by atoms with Crippen molar-refractivity contribution in [3.8, 4) is 0 Å². The van der Waals surface area contributed by atoms with Gasteiger partial charge in [0.25, 0.3) is 0 Å². The average molecular weight is 260 g/mol. The number of aromatic nitrogens is 2. The molecule has 0 aromatic carbocycles. The van der Waals surface area contributed by atoms with Gasteiger partial charge in [0.2, 0.25) is 0 Å². The maximum Gasteiger partial charge on any atom is 0.0767 e. The number of aryl methyl sites for hydroxylation is 2. The standard InChI is InChI=1S/C10H18BrN3/c1-5-8-10(11)9(14(4)12-8)7-13(3)6-2/h5-7H2,1-4H3. The second kappa shape index (κ2) is 4.94. The van der Waals surface area contributed by atoms with Crippen LogP contribution in [-0.4, -0.2) is 28.3 Å². The van der Waals surface area contributed by atoms with E-state index < -0.39 is 0 Å². The van der Waals surface area contributed by atoms with E-state index in [2.05, 4.69) is 46.8 Å². The van der Waals surface area contributed by atoms with Crippen LogP contribution in [0.15, 0.2) is 4.47 Å². The highest BCUT2D eigenvalue weighted by Gasteiger charge is 2.13. The molecule has 4 heteroatoms. The second-order valence-corrected chi connectivity index (χ2v) is 4.31. The van der Waals surface area contributed by atoms with Gasteiger partial charge in [-0.05, 0) is 35.9 Å². The van der Waals surface area contributed by atoms with Crippen molar-refractivity contribution in [3.63, 3.8) is 0 Å². The molecule has 0 aliphatic rings. The Morgan fingerprint density at radius 3 is 2.50 bits per heavy atom. The van der Waals surface area contributed by atoms with Crippen LogP contribution < -0.4 is 0 Å². The van der Waals surface area contributed by atoms with Gasteiger partial charge in [0.1, 0.15) is 0 Å². The molecule has 1 rings (SSSR count). The Morgan fingerprint density at radius 1 is 1.43 bits per heavy atom. The lowest BCUT2D eigenvalue weighted by molar-refractivity contribution is 0.334. The Balaban J connectivity index is 2.90. The third-order valence-electron chi connectivity index (χ3n) is 2.46. The number of hydrogen-bond acceptors (Lipinski definition) is 2. The summed E-state index contributed by atoms with van der Waals surface area (Å²) in [6.45, 7) is 6.28. The van der Waals surface area contributed by atoms with E-state index in [0.29, 0.717) is 0 Å². The lowest BCUT2D eigenvalue weighted by atomic mass is 10.3. The van der Waals surface area contributed by atoms with Gasteiger partial charge in [-0.2, -0.15) is 5.10 Å². The van der Waals surface area contributed by atoms with E-state index in [-0.39, 0.29) is 0 Å². The molecule has 1 aromatic rings. The zero-order chi connectivity index (χ0) is 10.7. The van der Waals surface area contributed by atoms with Gasteiger partial charge in [0.05, 0.1) is 15.9 Å². The molecular formula is C10H18BrN3. The molecule has 0 N–H and O–H groups in total. The molecule has 80 valence electrons. The van der Waals surface area contributed by atoms with E-state index in [0.717, 1.165) is 25.2 Å². The summed E-state index contributed by atoms with van der Waals surface area (Å²) in [5.74, 6) is 0. The summed E-state index contributed by atoms with van der Waals surface area (Å²) in [6, 6.07) is 0. The quantitative estimate of drug-likeness (QED) is 0.827. The topological polar surface area (TPSA) is 21.1 Å². The van der Waals surface area contributed by atoms with E-state index in [1.807, 2.05) is 11.7 Å². The number of nitrogens with zero attached hydrogens (tertiary/aromatic N) is 3. The third kappa shape index (κ3) is 2.36. The summed E-state index contributed by atoms with van der Waals surface area (Å²) in [7, 11) is 4.12. The van der Waals surface area contributed by atoms with Gasteiger partial charge >= 0.3 is 0 Å². The normalized spacial score (nSPS) is 11.3. The molecule has 1 heterocycles. The first-order chi connectivity index (χ1) is 6.60. The van der Waals surface area contributed by atoms with Crippen molar-refractivity contribution in [2.24, 2.45) is 7.05 Å². The summed E-state index contributed by atoms with van der Waals surface area (Å²) < 4.78 is 3.14. The molecule has 0 radical (unpaired) electrons. The summed E-state index contributed by atoms with van der Waals surface area (Å²) in [5, 5.41) is 4.46. The maximum absolute atomic E-state index is 4.46. The van der Waals surface area contributed by atoms with Crippen LogP contribution in [0.4, 0.5) is 0 Å². The van der Waals surface area contributed by atoms with Crippen LogP contribution in [0.25, 0.3) is 0 Å². The highest BCUT2D eigenvalue weighted by atomic mass is 79.9. The van der Waals surface area contributed by atoms with Crippen molar-refractivity contribution in [3.05, 3.63) is 15.9 Å². The number of rotatable bonds is 4. The van der Waals surface area contributed by atoms with Gasteiger partial charge in [-0.3, -0.25) is 4.68 Å². The van der Waals surface area contributed by atoms with Crippen molar-refractivity contribution in [2.45, 2.75) is 26.8 Å². The molecule has 0 amide bonds. The predicted octanol–water partition coefficient (Wildman–Crippen LogP) is 2.20. The molecule has 0 bridgehead atoms. The third-order valence-corrected chi connectivity index (χ3v) is 3.38. The highest BCUT2D eigenvalue weighted by Crippen LogP contribution is 2.22. The van der Waals surface area contributed by atoms with Gasteiger partial charge in [0.15, 0.2) is 0 Å². The molecule has 0 saturated carbocycles. The Hall–Kier alpha value is -0.350. The highest BCUT2D eigenvalue weighted by molar-refractivity contribution is 9.10. The van der Waals surface area contributed by atoms with Crippen molar-refractivity contribution >= 4 is 15.9 Å². The Morgan fingerprint density at radius 2 is 2.07 bits per heavy atom. The zero-order valence-electron chi connectivity index (χ0n) is 9.34. The van der Waals surface area contributed by atoms with Crippen molar-refractivity contribution < 1.29 is 0 Å². The summed E-state index contributed by atoms with van der Waals surface area (Å²) in [6.07, 6.45) is 0.976. The van der Waals surface area contributed by atoms with Crippen LogP contribution >= 0.6 is 15.9 Å². The Kier molecular flexibility index (Phi) is 4.13. The van der Waals surface area contributed by atoms with Crippen LogP contribution in [0, 0.1) is 0 Å². The fraction of sp³-hybridized carbons (Fsp3) is 0.700. The molecule has 0 unspecified atom stereocenters. The van der Waals surface area contributed by atoms with Crippen molar-refractivity contribution in [1.29, 1.82) is 0 Å². The van der Waals surface area contributed by atoms with Gasteiger partial charge < -0.3 is 4.90 Å². The second-order valence-electron chi connectivity index (χ2n) is 3.51. The lowest BCUT2D eigenvalue weighted by Gasteiger charge is -2.13. The van der Waals surface area contributed by atoms with Crippen molar-refractivity contribution in [2.75, 3.05) is 13.6 Å². The number of hydrogen-bond donors (Lipinski definition) is 0. The zero-order valence-corrected chi connectivity index (χ0v) is 10.9. The molecule has 3 nitrogen and oxygen atoms in total. The maximum atomic E-state index is 4.46. The van der Waals surface area contributed by atoms with Crippen LogP contribution in [0.3, 0.4) is 0 Å². The molecule has 0 fully saturated rings. The van der Waals surface area contributed by atoms with Crippen LogP contribution in [0.5, 0.6) is 0 Å². The molecule has 0 aliphatic heterocycles. The number of halogens is 1. The van der Waals surface area contributed by atoms with Gasteiger partial charge in [-0.15, -0.1) is 0 Å². The Bertz CT molecular complexity index is 307. The fourth-order valence-corrected chi connectivity index (χ4v) is 2.10. The summed E-state index contributed by atoms with van der Waals surface area (Å²) in [5.41, 5.74) is 2.40. The van der Waals surface area contributed by atoms with E-state index in [1.54, 1.807) is 0 Å². The molecule has 0 atom stereocenters. The first-order valence-electron chi connectivity index (χ1n) is 4.98. The SMILES string of the molecule is CCc1nn(C)c(CN(C)CC)c1Br. The minimum Gasteiger partial charge on any atom is -0.301 e. The molecule has 14 heavy (non-hydrogen) atoms. The van der Waals surface area contributed by atoms with E-state index >= 15 is 0 Å². The van der Waals surface area contributed by atoms with Crippen LogP contribution in [0.2, 0.25) is 0 Å². The fourth-order valence-electron chi connectivity index (χ4n) is 1.36. The first kappa shape index (κ1) is 11.7. The first-order valence-corrected chi connectivity index (χ1v) is 5.78. The molecule has 0 aliphatic carbocycles. The predicted molar refractivity (Wildman–Crippen MR) is 62.3 cm³/mol. The molecular weight excluding hydrogens is 242 g/mol. The largest absolute Gasteiger partial charge is 0.301 e. The molecule has 0 spiro atoms. The minimum atomic E-state index is 0.945. The average Bonchev–Trinajstić information content (AvgIpc) is 2.44. The monoisotopic (exact) mass is 259 g/mol. The van der Waals surface area contributed by atoms with Gasteiger partial charge in [-0.1, -0.05) is 13.8 Å². The van der Waals surface area contributed by atoms with Crippen LogP contribution in [0.1, 0.15) is 25.2 Å². The van der Waals surface area contributed by atoms with Gasteiger partial charge in [0, 0.05) is 13.6 Å².